The van der Waals surface area contributed by atoms with Crippen LogP contribution >= 0.6 is 0 Å². The minimum atomic E-state index is -0.601. The van der Waals surface area contributed by atoms with Crippen molar-refractivity contribution < 1.29 is 9.59 Å². The number of benzene rings is 1. The zero-order valence-corrected chi connectivity index (χ0v) is 11.6. The Balaban J connectivity index is 2.53. The fourth-order valence-electron chi connectivity index (χ4n) is 1.51. The Morgan fingerprint density at radius 3 is 2.21 bits per heavy atom. The second-order valence-corrected chi connectivity index (χ2v) is 4.96. The first-order valence-electron chi connectivity index (χ1n) is 6.33. The molecule has 0 radical (unpaired) electrons. The van der Waals surface area contributed by atoms with Crippen LogP contribution in [0.5, 0.6) is 0 Å². The van der Waals surface area contributed by atoms with E-state index < -0.39 is 6.03 Å². The van der Waals surface area contributed by atoms with Gasteiger partial charge >= 0.3 is 6.03 Å². The van der Waals surface area contributed by atoms with Gasteiger partial charge in [-0.1, -0.05) is 26.0 Å². The molecule has 0 aliphatic rings. The van der Waals surface area contributed by atoms with Crippen LogP contribution in [0.2, 0.25) is 0 Å². The lowest BCUT2D eigenvalue weighted by molar-refractivity contribution is -0.121. The lowest BCUT2D eigenvalue weighted by Crippen LogP contribution is -2.37. The molecular formula is C14H21N3O2. The van der Waals surface area contributed by atoms with E-state index in [4.69, 9.17) is 5.73 Å². The Hall–Kier alpha value is -2.04. The van der Waals surface area contributed by atoms with Gasteiger partial charge < -0.3 is 16.4 Å². The third-order valence-electron chi connectivity index (χ3n) is 2.97. The fourth-order valence-corrected chi connectivity index (χ4v) is 1.51. The molecule has 1 aromatic carbocycles. The molecule has 0 aromatic heterocycles. The highest BCUT2D eigenvalue weighted by molar-refractivity contribution is 5.87. The number of anilines is 1. The maximum Gasteiger partial charge on any atom is 0.316 e. The molecule has 0 heterocycles. The van der Waals surface area contributed by atoms with Crippen molar-refractivity contribution in [1.82, 2.24) is 5.32 Å². The zero-order chi connectivity index (χ0) is 14.4. The molecular weight excluding hydrogens is 242 g/mol. The Kier molecular flexibility index (Phi) is 5.36. The molecule has 0 fully saturated rings. The lowest BCUT2D eigenvalue weighted by atomic mass is 10.1. The molecule has 1 atom stereocenters. The molecule has 4 N–H and O–H groups in total. The van der Waals surface area contributed by atoms with Crippen molar-refractivity contribution in [3.05, 3.63) is 29.8 Å². The molecule has 19 heavy (non-hydrogen) atoms. The molecule has 3 amide bonds. The van der Waals surface area contributed by atoms with Gasteiger partial charge in [0.25, 0.3) is 0 Å². The van der Waals surface area contributed by atoms with Crippen molar-refractivity contribution in [1.29, 1.82) is 0 Å². The number of nitrogens with two attached hydrogens (primary N) is 1. The number of nitrogens with one attached hydrogen (secondary N) is 2. The van der Waals surface area contributed by atoms with Crippen molar-refractivity contribution in [3.8, 4) is 0 Å². The molecule has 0 saturated carbocycles. The van der Waals surface area contributed by atoms with Crippen LogP contribution < -0.4 is 16.4 Å². The molecule has 1 aromatic rings. The Labute approximate surface area is 113 Å². The third kappa shape index (κ3) is 5.42. The monoisotopic (exact) mass is 263 g/mol. The van der Waals surface area contributed by atoms with E-state index in [-0.39, 0.29) is 11.9 Å². The van der Waals surface area contributed by atoms with Crippen molar-refractivity contribution in [3.63, 3.8) is 0 Å². The van der Waals surface area contributed by atoms with Crippen LogP contribution in [-0.2, 0) is 11.2 Å². The van der Waals surface area contributed by atoms with Crippen LogP contribution in [0.4, 0.5) is 10.5 Å². The zero-order valence-electron chi connectivity index (χ0n) is 11.6. The van der Waals surface area contributed by atoms with Crippen LogP contribution in [0.15, 0.2) is 24.3 Å². The minimum Gasteiger partial charge on any atom is -0.353 e. The van der Waals surface area contributed by atoms with Gasteiger partial charge in [0.05, 0.1) is 6.42 Å². The molecule has 0 saturated heterocycles. The van der Waals surface area contributed by atoms with E-state index in [1.807, 2.05) is 6.92 Å². The normalized spacial score (nSPS) is 12.0. The largest absolute Gasteiger partial charge is 0.353 e. The first-order valence-corrected chi connectivity index (χ1v) is 6.33. The molecule has 0 bridgehead atoms. The highest BCUT2D eigenvalue weighted by atomic mass is 16.2. The summed E-state index contributed by atoms with van der Waals surface area (Å²) < 4.78 is 0. The summed E-state index contributed by atoms with van der Waals surface area (Å²) >= 11 is 0. The summed E-state index contributed by atoms with van der Waals surface area (Å²) in [6.45, 7) is 6.12. The molecule has 5 nitrogen and oxygen atoms in total. The van der Waals surface area contributed by atoms with Gasteiger partial charge in [0.2, 0.25) is 5.91 Å². The van der Waals surface area contributed by atoms with Gasteiger partial charge in [-0.25, -0.2) is 4.79 Å². The Bertz CT molecular complexity index is 441. The summed E-state index contributed by atoms with van der Waals surface area (Å²) in [6, 6.07) is 6.59. The van der Waals surface area contributed by atoms with Gasteiger partial charge in [-0.15, -0.1) is 0 Å². The van der Waals surface area contributed by atoms with Crippen molar-refractivity contribution >= 4 is 17.6 Å². The van der Waals surface area contributed by atoms with Gasteiger partial charge in [-0.3, -0.25) is 4.79 Å². The maximum absolute atomic E-state index is 11.8. The molecule has 0 aliphatic heterocycles. The van der Waals surface area contributed by atoms with Crippen LogP contribution in [-0.4, -0.2) is 18.0 Å². The number of primary amides is 1. The highest BCUT2D eigenvalue weighted by Gasteiger charge is 2.11. The molecule has 104 valence electrons. The van der Waals surface area contributed by atoms with Gasteiger partial charge in [0.1, 0.15) is 0 Å². The summed E-state index contributed by atoms with van der Waals surface area (Å²) in [6.07, 6.45) is 0.327. The number of hydrogen-bond acceptors (Lipinski definition) is 2. The topological polar surface area (TPSA) is 84.2 Å². The SMILES string of the molecule is CC(C)C(C)NC(=O)Cc1ccc(NC(N)=O)cc1. The molecule has 5 heteroatoms. The van der Waals surface area contributed by atoms with Gasteiger partial charge in [-0.2, -0.15) is 0 Å². The first kappa shape index (κ1) is 15.0. The number of hydrogen-bond donors (Lipinski definition) is 3. The van der Waals surface area contributed by atoms with Crippen LogP contribution in [0.25, 0.3) is 0 Å². The number of carbonyl (C=O) groups excluding carboxylic acids is 2. The average Bonchev–Trinajstić information content (AvgIpc) is 2.30. The summed E-state index contributed by atoms with van der Waals surface area (Å²) in [7, 11) is 0. The highest BCUT2D eigenvalue weighted by Crippen LogP contribution is 2.10. The summed E-state index contributed by atoms with van der Waals surface area (Å²) in [4.78, 5) is 22.5. The second kappa shape index (κ2) is 6.78. The minimum absolute atomic E-state index is 0.00295. The van der Waals surface area contributed by atoms with E-state index in [1.165, 1.54) is 0 Å². The fraction of sp³-hybridized carbons (Fsp3) is 0.429. The summed E-state index contributed by atoms with van der Waals surface area (Å²) in [5.41, 5.74) is 6.52. The standard InChI is InChI=1S/C14H21N3O2/c1-9(2)10(3)16-13(18)8-11-4-6-12(7-5-11)17-14(15)19/h4-7,9-10H,8H2,1-3H3,(H,16,18)(H3,15,17,19). The molecule has 0 aliphatic carbocycles. The van der Waals surface area contributed by atoms with E-state index >= 15 is 0 Å². The molecule has 1 unspecified atom stereocenters. The van der Waals surface area contributed by atoms with Gasteiger partial charge in [0, 0.05) is 11.7 Å². The predicted molar refractivity (Wildman–Crippen MR) is 75.8 cm³/mol. The molecule has 0 spiro atoms. The van der Waals surface area contributed by atoms with Crippen molar-refractivity contribution in [2.75, 3.05) is 5.32 Å². The van der Waals surface area contributed by atoms with Crippen LogP contribution in [0.3, 0.4) is 0 Å². The van der Waals surface area contributed by atoms with Gasteiger partial charge in [0.15, 0.2) is 0 Å². The van der Waals surface area contributed by atoms with E-state index in [2.05, 4.69) is 24.5 Å². The van der Waals surface area contributed by atoms with Crippen LogP contribution in [0.1, 0.15) is 26.3 Å². The van der Waals surface area contributed by atoms with E-state index in [1.54, 1.807) is 24.3 Å². The predicted octanol–water partition coefficient (Wildman–Crippen LogP) is 1.88. The smallest absolute Gasteiger partial charge is 0.316 e. The third-order valence-corrected chi connectivity index (χ3v) is 2.97. The number of carbonyl (C=O) groups is 2. The van der Waals surface area contributed by atoms with E-state index in [9.17, 15) is 9.59 Å². The lowest BCUT2D eigenvalue weighted by Gasteiger charge is -2.17. The number of rotatable bonds is 5. The van der Waals surface area contributed by atoms with Gasteiger partial charge in [-0.05, 0) is 30.5 Å². The summed E-state index contributed by atoms with van der Waals surface area (Å²) in [5.74, 6) is 0.405. The Morgan fingerprint density at radius 2 is 1.74 bits per heavy atom. The molecule has 1 rings (SSSR count). The number of urea groups is 1. The van der Waals surface area contributed by atoms with Crippen molar-refractivity contribution in [2.45, 2.75) is 33.2 Å². The average molecular weight is 263 g/mol. The second-order valence-electron chi connectivity index (χ2n) is 4.96. The van der Waals surface area contributed by atoms with E-state index in [0.717, 1.165) is 5.56 Å². The maximum atomic E-state index is 11.8. The van der Waals surface area contributed by atoms with E-state index in [0.29, 0.717) is 18.0 Å². The van der Waals surface area contributed by atoms with Crippen LogP contribution in [0, 0.1) is 5.92 Å². The summed E-state index contributed by atoms with van der Waals surface area (Å²) in [5, 5.41) is 5.42. The Morgan fingerprint density at radius 1 is 1.16 bits per heavy atom. The quantitative estimate of drug-likeness (QED) is 0.757. The van der Waals surface area contributed by atoms with Crippen molar-refractivity contribution in [2.24, 2.45) is 11.7 Å². The first-order chi connectivity index (χ1) is 8.88. The number of amides is 3.